The van der Waals surface area contributed by atoms with Gasteiger partial charge in [0.15, 0.2) is 11.5 Å². The zero-order chi connectivity index (χ0) is 14.9. The number of sulfonamides is 1. The molecule has 8 heteroatoms. The lowest BCUT2D eigenvalue weighted by Gasteiger charge is -2.33. The van der Waals surface area contributed by atoms with E-state index in [9.17, 15) is 8.42 Å². The third-order valence-corrected chi connectivity index (χ3v) is 5.82. The molecule has 1 fully saturated rings. The molecule has 2 heterocycles. The van der Waals surface area contributed by atoms with Crippen LogP contribution in [0.25, 0.3) is 0 Å². The van der Waals surface area contributed by atoms with Crippen molar-refractivity contribution >= 4 is 22.4 Å². The van der Waals surface area contributed by atoms with Gasteiger partial charge in [-0.15, -0.1) is 12.4 Å². The summed E-state index contributed by atoms with van der Waals surface area (Å²) in [6.07, 6.45) is 0. The molecule has 22 heavy (non-hydrogen) atoms. The number of likely N-dealkylation sites (N-methyl/N-ethyl adjacent to an activating group) is 1. The first kappa shape index (κ1) is 17.3. The van der Waals surface area contributed by atoms with Crippen LogP contribution in [0.1, 0.15) is 6.92 Å². The molecule has 0 N–H and O–H groups in total. The van der Waals surface area contributed by atoms with E-state index in [1.807, 2.05) is 0 Å². The highest BCUT2D eigenvalue weighted by atomic mass is 35.5. The van der Waals surface area contributed by atoms with Crippen molar-refractivity contribution < 1.29 is 17.9 Å². The monoisotopic (exact) mass is 348 g/mol. The van der Waals surface area contributed by atoms with Crippen LogP contribution in [0.3, 0.4) is 0 Å². The molecular formula is C14H21ClN2O4S. The maximum absolute atomic E-state index is 12.7. The van der Waals surface area contributed by atoms with Crippen molar-refractivity contribution in [2.45, 2.75) is 11.8 Å². The van der Waals surface area contributed by atoms with Gasteiger partial charge in [-0.2, -0.15) is 4.31 Å². The lowest BCUT2D eigenvalue weighted by atomic mass is 10.3. The van der Waals surface area contributed by atoms with E-state index in [1.54, 1.807) is 22.5 Å². The van der Waals surface area contributed by atoms with Gasteiger partial charge in [-0.05, 0) is 18.7 Å². The zero-order valence-corrected chi connectivity index (χ0v) is 14.2. The van der Waals surface area contributed by atoms with Gasteiger partial charge in [0.25, 0.3) is 0 Å². The summed E-state index contributed by atoms with van der Waals surface area (Å²) in [6, 6.07) is 4.83. The molecule has 1 aromatic carbocycles. The van der Waals surface area contributed by atoms with Gasteiger partial charge < -0.3 is 14.4 Å². The van der Waals surface area contributed by atoms with Gasteiger partial charge in [0, 0.05) is 32.2 Å². The Labute approximate surface area is 137 Å². The van der Waals surface area contributed by atoms with E-state index in [4.69, 9.17) is 9.47 Å². The Kier molecular flexibility index (Phi) is 5.55. The molecule has 0 aliphatic carbocycles. The molecule has 1 saturated heterocycles. The molecular weight excluding hydrogens is 328 g/mol. The predicted octanol–water partition coefficient (Wildman–Crippen LogP) is 1.21. The predicted molar refractivity (Wildman–Crippen MR) is 85.6 cm³/mol. The van der Waals surface area contributed by atoms with Crippen LogP contribution >= 0.6 is 12.4 Å². The Balaban J connectivity index is 0.00000176. The molecule has 2 aliphatic rings. The Morgan fingerprint density at radius 3 is 2.32 bits per heavy atom. The van der Waals surface area contributed by atoms with Crippen LogP contribution < -0.4 is 9.47 Å². The van der Waals surface area contributed by atoms with Gasteiger partial charge >= 0.3 is 0 Å². The van der Waals surface area contributed by atoms with E-state index in [2.05, 4.69) is 11.8 Å². The van der Waals surface area contributed by atoms with Gasteiger partial charge in [-0.3, -0.25) is 0 Å². The molecule has 6 nitrogen and oxygen atoms in total. The minimum Gasteiger partial charge on any atom is -0.486 e. The number of ether oxygens (including phenoxy) is 2. The fourth-order valence-electron chi connectivity index (χ4n) is 2.62. The summed E-state index contributed by atoms with van der Waals surface area (Å²) in [5.41, 5.74) is 0. The fraction of sp³-hybridized carbons (Fsp3) is 0.571. The van der Waals surface area contributed by atoms with Crippen molar-refractivity contribution in [3.63, 3.8) is 0 Å². The van der Waals surface area contributed by atoms with Crippen LogP contribution in [0.5, 0.6) is 11.5 Å². The summed E-state index contributed by atoms with van der Waals surface area (Å²) in [7, 11) is -3.46. The van der Waals surface area contributed by atoms with E-state index >= 15 is 0 Å². The average Bonchev–Trinajstić information content (AvgIpc) is 2.54. The number of hydrogen-bond acceptors (Lipinski definition) is 5. The molecule has 0 saturated carbocycles. The average molecular weight is 349 g/mol. The molecule has 0 amide bonds. The van der Waals surface area contributed by atoms with E-state index in [1.165, 1.54) is 0 Å². The fourth-order valence-corrected chi connectivity index (χ4v) is 4.06. The smallest absolute Gasteiger partial charge is 0.243 e. The van der Waals surface area contributed by atoms with E-state index in [0.29, 0.717) is 37.8 Å². The number of nitrogens with zero attached hydrogens (tertiary/aromatic N) is 2. The lowest BCUT2D eigenvalue weighted by Crippen LogP contribution is -2.48. The molecule has 0 unspecified atom stereocenters. The molecule has 0 radical (unpaired) electrons. The number of hydrogen-bond donors (Lipinski definition) is 0. The van der Waals surface area contributed by atoms with Crippen LogP contribution in [0, 0.1) is 0 Å². The minimum absolute atomic E-state index is 0. The third-order valence-electron chi connectivity index (χ3n) is 3.93. The van der Waals surface area contributed by atoms with Crippen molar-refractivity contribution in [1.82, 2.24) is 9.21 Å². The van der Waals surface area contributed by atoms with E-state index < -0.39 is 10.0 Å². The van der Waals surface area contributed by atoms with Gasteiger partial charge in [0.05, 0.1) is 4.90 Å². The van der Waals surface area contributed by atoms with Crippen molar-refractivity contribution in [2.24, 2.45) is 0 Å². The number of fused-ring (bicyclic) bond motifs is 1. The molecule has 3 rings (SSSR count). The van der Waals surface area contributed by atoms with Crippen LogP contribution in [-0.4, -0.2) is 63.6 Å². The summed E-state index contributed by atoms with van der Waals surface area (Å²) >= 11 is 0. The molecule has 0 bridgehead atoms. The highest BCUT2D eigenvalue weighted by Gasteiger charge is 2.29. The number of benzene rings is 1. The van der Waals surface area contributed by atoms with Crippen LogP contribution in [0.4, 0.5) is 0 Å². The van der Waals surface area contributed by atoms with Gasteiger partial charge in [0.1, 0.15) is 13.2 Å². The Bertz CT molecular complexity index is 615. The summed E-state index contributed by atoms with van der Waals surface area (Å²) in [5.74, 6) is 1.12. The normalized spacial score (nSPS) is 19.5. The van der Waals surface area contributed by atoms with Crippen molar-refractivity contribution in [3.8, 4) is 11.5 Å². The third kappa shape index (κ3) is 3.32. The minimum atomic E-state index is -3.46. The largest absolute Gasteiger partial charge is 0.486 e. The first-order chi connectivity index (χ1) is 10.1. The molecule has 0 aromatic heterocycles. The van der Waals surface area contributed by atoms with Crippen molar-refractivity contribution in [3.05, 3.63) is 18.2 Å². The Hall–Kier alpha value is -1.02. The Morgan fingerprint density at radius 1 is 1.05 bits per heavy atom. The number of rotatable bonds is 3. The first-order valence-electron chi connectivity index (χ1n) is 7.23. The molecule has 0 atom stereocenters. The Morgan fingerprint density at radius 2 is 1.68 bits per heavy atom. The molecule has 1 aromatic rings. The quantitative estimate of drug-likeness (QED) is 0.821. The highest BCUT2D eigenvalue weighted by molar-refractivity contribution is 7.89. The molecule has 124 valence electrons. The lowest BCUT2D eigenvalue weighted by molar-refractivity contribution is 0.171. The maximum Gasteiger partial charge on any atom is 0.243 e. The second-order valence-electron chi connectivity index (χ2n) is 5.14. The topological polar surface area (TPSA) is 59.1 Å². The van der Waals surface area contributed by atoms with E-state index in [-0.39, 0.29) is 17.3 Å². The standard InChI is InChI=1S/C14H20N2O4S.ClH/c1-2-15-5-7-16(8-6-15)21(17,18)12-3-4-13-14(11-12)20-10-9-19-13;/h3-4,11H,2,5-10H2,1H3;1H. The maximum atomic E-state index is 12.7. The number of piperazine rings is 1. The SMILES string of the molecule is CCN1CCN(S(=O)(=O)c2ccc3c(c2)OCCO3)CC1.Cl. The zero-order valence-electron chi connectivity index (χ0n) is 12.5. The summed E-state index contributed by atoms with van der Waals surface area (Å²) < 4.78 is 37.8. The summed E-state index contributed by atoms with van der Waals surface area (Å²) in [6.45, 7) is 6.61. The molecule has 0 spiro atoms. The molecule has 2 aliphatic heterocycles. The van der Waals surface area contributed by atoms with Gasteiger partial charge in [-0.25, -0.2) is 8.42 Å². The summed E-state index contributed by atoms with van der Waals surface area (Å²) in [5, 5.41) is 0. The van der Waals surface area contributed by atoms with Gasteiger partial charge in [0.2, 0.25) is 10.0 Å². The van der Waals surface area contributed by atoms with Crippen molar-refractivity contribution in [1.29, 1.82) is 0 Å². The second-order valence-corrected chi connectivity index (χ2v) is 7.08. The van der Waals surface area contributed by atoms with Gasteiger partial charge in [-0.1, -0.05) is 6.92 Å². The van der Waals surface area contributed by atoms with Crippen LogP contribution in [0.2, 0.25) is 0 Å². The summed E-state index contributed by atoms with van der Waals surface area (Å²) in [4.78, 5) is 2.52. The van der Waals surface area contributed by atoms with E-state index in [0.717, 1.165) is 19.6 Å². The van der Waals surface area contributed by atoms with Crippen LogP contribution in [0.15, 0.2) is 23.1 Å². The van der Waals surface area contributed by atoms with Crippen LogP contribution in [-0.2, 0) is 10.0 Å². The number of halogens is 1. The first-order valence-corrected chi connectivity index (χ1v) is 8.67. The second kappa shape index (κ2) is 7.04. The highest BCUT2D eigenvalue weighted by Crippen LogP contribution is 2.33. The van der Waals surface area contributed by atoms with Crippen molar-refractivity contribution in [2.75, 3.05) is 45.9 Å².